The molecule has 0 saturated heterocycles. The minimum atomic E-state index is -0.931. The van der Waals surface area contributed by atoms with Crippen molar-refractivity contribution in [3.05, 3.63) is 338 Å². The topological polar surface area (TPSA) is 225 Å². The molecule has 0 N–H and O–H groups in total. The molecule has 8 aromatic carbocycles. The largest absolute Gasteiger partial charge is 1.00 e. The molecule has 0 fully saturated rings. The number of hydrogen-bond donors (Lipinski definition) is 0. The molecule has 22 heteroatoms. The number of unbranched alkanes of at least 4 members (excludes halogenated alkanes) is 1. The molecule has 16 rings (SSSR count). The number of hydrogen-bond acceptors (Lipinski definition) is 17. The summed E-state index contributed by atoms with van der Waals surface area (Å²) in [5, 5.41) is 0. The number of carbonyl (C=O) groups is 1. The standard InChI is InChI=1S/C19H15N3O.C19H13N3O.C10H7NO2.C9H8N2.C9H7NO.C6H5I.C4H9.C3H3NO.2ClH.Li.Zn/c2*1-2-6-14(7-3-1)19-21-13-16(23-19)11-10-15-12-20-17-8-4-5-9-18(17)22-15;12-7-9-6-11-10(13-9)8-4-2-1-3-5-8;1-7-6-10-8-4-2-3-5-9(8)11-7;1-2-4-8(5-3-1)9-10-6-7-11-9;7-6-4-2-1-3-5-6;1-3-4-2;1-2-5-3-4-1;;;;/h1-9,12-13H,10-11H2;1-13H;1-7H;2-6H,1H3;1-7H;1-5H;1,3-4H2,2H3;1-3H;2*1H;;/q;;;;;;-1;;;;+1;+2/p-2. The Morgan fingerprint density at radius 3 is 1.34 bits per heavy atom. The number of para-hydroxylation sites is 6. The van der Waals surface area contributed by atoms with Crippen molar-refractivity contribution < 1.29 is 60.9 Å². The fourth-order valence-electron chi connectivity index (χ4n) is 8.44. The predicted molar refractivity (Wildman–Crippen MR) is 400 cm³/mol. The Bertz CT molecular complexity index is 4880. The first-order valence-corrected chi connectivity index (χ1v) is 40.3. The maximum atomic E-state index is 10.3. The third-order valence-corrected chi connectivity index (χ3v) is 14.0. The van der Waals surface area contributed by atoms with Gasteiger partial charge in [0, 0.05) is 44.6 Å². The van der Waals surface area contributed by atoms with E-state index in [1.54, 1.807) is 43.4 Å². The van der Waals surface area contributed by atoms with E-state index in [2.05, 4.69) is 108 Å². The van der Waals surface area contributed by atoms with Gasteiger partial charge in [0.05, 0.1) is 87.4 Å². The molecule has 17 nitrogen and oxygen atoms in total. The molecule has 0 saturated carbocycles. The van der Waals surface area contributed by atoms with Crippen LogP contribution < -0.4 is 18.9 Å². The van der Waals surface area contributed by atoms with Gasteiger partial charge in [-0.05, 0) is 145 Å². The summed E-state index contributed by atoms with van der Waals surface area (Å²) in [7, 11) is 9.90. The van der Waals surface area contributed by atoms with E-state index in [4.69, 9.17) is 37.1 Å². The summed E-state index contributed by atoms with van der Waals surface area (Å²) in [6.45, 7) is 7.67. The average molecular weight is 1540 g/mol. The first-order valence-electron chi connectivity index (χ1n) is 31.4. The number of aldehydes is 1. The molecule has 0 aliphatic heterocycles. The number of rotatable bonds is 11. The van der Waals surface area contributed by atoms with Gasteiger partial charge in [-0.25, -0.2) is 39.9 Å². The Morgan fingerprint density at radius 1 is 0.455 bits per heavy atom. The summed E-state index contributed by atoms with van der Waals surface area (Å²) in [4.78, 5) is 57.0. The number of aryl methyl sites for hydroxylation is 3. The predicted octanol–water partition coefficient (Wildman–Crippen LogP) is 17.9. The van der Waals surface area contributed by atoms with Crippen molar-refractivity contribution in [2.24, 2.45) is 0 Å². The molecule has 0 aliphatic rings. The second-order valence-electron chi connectivity index (χ2n) is 20.6. The summed E-state index contributed by atoms with van der Waals surface area (Å²) < 4.78 is 27.6. The molecule has 8 heterocycles. The second kappa shape index (κ2) is 45.4. The Labute approximate surface area is 627 Å². The van der Waals surface area contributed by atoms with Crippen LogP contribution in [0.3, 0.4) is 0 Å². The third kappa shape index (κ3) is 27.8. The summed E-state index contributed by atoms with van der Waals surface area (Å²) in [6.07, 6.45) is 26.1. The molecule has 498 valence electrons. The second-order valence-corrected chi connectivity index (χ2v) is 26.4. The van der Waals surface area contributed by atoms with E-state index < -0.39 is 15.1 Å². The van der Waals surface area contributed by atoms with Gasteiger partial charge >= 0.3 is 53.4 Å². The number of carbonyl (C=O) groups excluding carboxylic acids is 1. The fraction of sp³-hybridized carbons (Fsp3) is 0.0759. The number of benzene rings is 8. The van der Waals surface area contributed by atoms with E-state index in [1.165, 1.54) is 28.8 Å². The van der Waals surface area contributed by atoms with Crippen molar-refractivity contribution in [3.8, 4) is 45.8 Å². The van der Waals surface area contributed by atoms with Crippen molar-refractivity contribution >= 4 is 93.5 Å². The van der Waals surface area contributed by atoms with Crippen LogP contribution in [0.1, 0.15) is 58.9 Å². The van der Waals surface area contributed by atoms with Crippen molar-refractivity contribution in [1.29, 1.82) is 0 Å². The molecular formula is C79H67Cl2ILiN11O6Zn. The Morgan fingerprint density at radius 2 is 0.891 bits per heavy atom. The zero-order valence-corrected chi connectivity index (χ0v) is 62.3. The Hall–Kier alpha value is -10.2. The van der Waals surface area contributed by atoms with Crippen LogP contribution in [0.25, 0.3) is 91.1 Å². The van der Waals surface area contributed by atoms with Crippen molar-refractivity contribution in [2.45, 2.75) is 39.5 Å². The van der Waals surface area contributed by atoms with E-state index in [0.717, 1.165) is 97.5 Å². The van der Waals surface area contributed by atoms with Gasteiger partial charge in [-0.2, -0.15) is 6.42 Å². The van der Waals surface area contributed by atoms with Crippen molar-refractivity contribution in [1.82, 2.24) is 54.8 Å². The van der Waals surface area contributed by atoms with Gasteiger partial charge in [0.25, 0.3) is 0 Å². The van der Waals surface area contributed by atoms with Crippen molar-refractivity contribution in [2.75, 3.05) is 0 Å². The molecule has 0 unspecified atom stereocenters. The van der Waals surface area contributed by atoms with Gasteiger partial charge < -0.3 is 29.0 Å². The molecule has 0 spiro atoms. The molecule has 0 aliphatic carbocycles. The van der Waals surface area contributed by atoms with E-state index in [0.29, 0.717) is 35.6 Å². The Kier molecular flexibility index (Phi) is 35.1. The van der Waals surface area contributed by atoms with Gasteiger partial charge in [0.2, 0.25) is 23.6 Å². The molecule has 16 aromatic rings. The molecule has 0 radical (unpaired) electrons. The average Bonchev–Trinajstić information content (AvgIpc) is 1.88. The number of oxazole rings is 5. The van der Waals surface area contributed by atoms with Crippen LogP contribution in [-0.4, -0.2) is 61.1 Å². The number of nitrogens with zero attached hydrogens (tertiary/aromatic N) is 11. The zero-order valence-electron chi connectivity index (χ0n) is 55.7. The quantitative estimate of drug-likeness (QED) is 0.0508. The maximum absolute atomic E-state index is 10.3. The van der Waals surface area contributed by atoms with Crippen LogP contribution in [0.2, 0.25) is 0 Å². The van der Waals surface area contributed by atoms with Crippen LogP contribution in [-0.2, 0) is 28.0 Å². The summed E-state index contributed by atoms with van der Waals surface area (Å²) >= 11 is 1.35. The molecule has 0 amide bonds. The van der Waals surface area contributed by atoms with Crippen LogP contribution in [0.5, 0.6) is 0 Å². The minimum absolute atomic E-state index is 0. The molecule has 8 aromatic heterocycles. The van der Waals surface area contributed by atoms with E-state index in [-0.39, 0.29) is 24.6 Å². The van der Waals surface area contributed by atoms with Gasteiger partial charge in [-0.3, -0.25) is 19.7 Å². The molecule has 0 bridgehead atoms. The number of aromatic nitrogens is 11. The van der Waals surface area contributed by atoms with E-state index in [9.17, 15) is 4.79 Å². The zero-order chi connectivity index (χ0) is 70.0. The number of halogens is 3. The van der Waals surface area contributed by atoms with Crippen molar-refractivity contribution in [3.63, 3.8) is 0 Å². The normalized spacial score (nSPS) is 9.92. The first kappa shape index (κ1) is 78.1. The van der Waals surface area contributed by atoms with Crippen LogP contribution >= 0.6 is 42.0 Å². The molecule has 101 heavy (non-hydrogen) atoms. The van der Waals surface area contributed by atoms with Crippen LogP contribution in [0.15, 0.2) is 315 Å². The SMILES string of the molecule is C(=Cc1cnc(-c2ccccc2)o1)c1cnc2ccccc2n1.Cc1cnc2ccccc2n1.Ic1ccccc1.O=Cc1cnc(-c2ccccc2)o1.[CH2-]CCC.[Cl][Zn][Cl].[Li+].c1ccc(-c2ncc(CCc3cnc4ccccc4n3)o2)cc1.c1ccc(-c2ncco2)cc1.c1cocn1. The molecular weight excluding hydrogens is 1470 g/mol. The molecule has 0 atom stereocenters. The van der Waals surface area contributed by atoms with E-state index in [1.807, 2.05) is 238 Å². The van der Waals surface area contributed by atoms with Crippen LogP contribution in [0, 0.1) is 17.4 Å². The fourth-order valence-corrected chi connectivity index (χ4v) is 8.86. The first-order chi connectivity index (χ1) is 49.2. The van der Waals surface area contributed by atoms with Gasteiger partial charge in [0.15, 0.2) is 18.4 Å². The third-order valence-electron chi connectivity index (χ3n) is 13.2. The summed E-state index contributed by atoms with van der Waals surface area (Å²) in [5.74, 6) is 4.20. The summed E-state index contributed by atoms with van der Waals surface area (Å²) in [5.41, 5.74) is 12.1. The monoisotopic (exact) mass is 1530 g/mol. The van der Waals surface area contributed by atoms with E-state index >= 15 is 0 Å². The van der Waals surface area contributed by atoms with Crippen LogP contribution in [0.4, 0.5) is 0 Å². The smallest absolute Gasteiger partial charge is 0.452 e. The summed E-state index contributed by atoms with van der Waals surface area (Å²) in [6, 6.07) is 72.7. The Balaban J connectivity index is 0.000000170. The van der Waals surface area contributed by atoms with Gasteiger partial charge in [0.1, 0.15) is 24.0 Å². The maximum Gasteiger partial charge on any atom is 1.00 e. The minimum Gasteiger partial charge on any atom is -0.452 e. The van der Waals surface area contributed by atoms with Gasteiger partial charge in [-0.15, -0.1) is 0 Å². The van der Waals surface area contributed by atoms with Gasteiger partial charge in [-0.1, -0.05) is 141 Å². The number of fused-ring (bicyclic) bond motifs is 3.